The second-order valence-electron chi connectivity index (χ2n) is 4.31. The van der Waals surface area contributed by atoms with E-state index in [-0.39, 0.29) is 24.7 Å². The molecule has 1 aromatic rings. The number of amides is 1. The molecule has 0 aromatic carbocycles. The summed E-state index contributed by atoms with van der Waals surface area (Å²) in [5, 5.41) is 11.1. The van der Waals surface area contributed by atoms with Gasteiger partial charge in [-0.05, 0) is 18.4 Å². The second-order valence-corrected chi connectivity index (χ2v) is 5.34. The Kier molecular flexibility index (Phi) is 4.15. The lowest BCUT2D eigenvalue weighted by atomic mass is 10.2. The zero-order valence-electron chi connectivity index (χ0n) is 9.83. The minimum absolute atomic E-state index is 0.00631. The first kappa shape index (κ1) is 12.5. The third kappa shape index (κ3) is 3.28. The van der Waals surface area contributed by atoms with Gasteiger partial charge in [-0.1, -0.05) is 6.07 Å². The number of aliphatic hydroxyl groups excluding tert-OH is 1. The van der Waals surface area contributed by atoms with Gasteiger partial charge in [-0.2, -0.15) is 0 Å². The molecule has 1 aromatic heterocycles. The second kappa shape index (κ2) is 5.62. The van der Waals surface area contributed by atoms with Gasteiger partial charge in [0.15, 0.2) is 0 Å². The Balaban J connectivity index is 1.94. The molecular weight excluding hydrogens is 238 g/mol. The molecular formula is C12H17NO3S. The fraction of sp³-hybridized carbons (Fsp3) is 0.583. The minimum atomic E-state index is -0.244. The van der Waals surface area contributed by atoms with E-state index in [4.69, 9.17) is 9.84 Å². The molecule has 2 unspecified atom stereocenters. The molecule has 2 heterocycles. The van der Waals surface area contributed by atoms with Crippen molar-refractivity contribution in [2.75, 3.05) is 19.7 Å². The van der Waals surface area contributed by atoms with Gasteiger partial charge in [-0.3, -0.25) is 4.79 Å². The van der Waals surface area contributed by atoms with Gasteiger partial charge in [0.1, 0.15) is 0 Å². The van der Waals surface area contributed by atoms with E-state index in [2.05, 4.69) is 0 Å². The highest BCUT2D eigenvalue weighted by molar-refractivity contribution is 7.10. The monoisotopic (exact) mass is 255 g/mol. The molecule has 0 saturated carbocycles. The summed E-state index contributed by atoms with van der Waals surface area (Å²) in [5.74, 6) is 0.112. The van der Waals surface area contributed by atoms with Gasteiger partial charge in [0.05, 0.1) is 25.2 Å². The lowest BCUT2D eigenvalue weighted by molar-refractivity contribution is -0.146. The molecule has 94 valence electrons. The minimum Gasteiger partial charge on any atom is -0.394 e. The van der Waals surface area contributed by atoms with Crippen LogP contribution in [0.25, 0.3) is 0 Å². The molecule has 17 heavy (non-hydrogen) atoms. The summed E-state index contributed by atoms with van der Waals surface area (Å²) >= 11 is 1.59. The Morgan fingerprint density at radius 3 is 3.12 bits per heavy atom. The van der Waals surface area contributed by atoms with Crippen LogP contribution < -0.4 is 0 Å². The molecule has 0 aliphatic carbocycles. The lowest BCUT2D eigenvalue weighted by Gasteiger charge is -2.36. The van der Waals surface area contributed by atoms with Crippen LogP contribution >= 0.6 is 11.3 Å². The summed E-state index contributed by atoms with van der Waals surface area (Å²) in [7, 11) is 0. The van der Waals surface area contributed by atoms with Crippen molar-refractivity contribution in [2.24, 2.45) is 0 Å². The van der Waals surface area contributed by atoms with Crippen molar-refractivity contribution in [3.8, 4) is 0 Å². The first-order valence-corrected chi connectivity index (χ1v) is 6.63. The van der Waals surface area contributed by atoms with Crippen molar-refractivity contribution in [3.05, 3.63) is 22.4 Å². The van der Waals surface area contributed by atoms with Gasteiger partial charge in [0, 0.05) is 18.0 Å². The fourth-order valence-electron chi connectivity index (χ4n) is 2.02. The van der Waals surface area contributed by atoms with E-state index in [0.29, 0.717) is 19.5 Å². The summed E-state index contributed by atoms with van der Waals surface area (Å²) in [6.45, 7) is 2.99. The van der Waals surface area contributed by atoms with Gasteiger partial charge >= 0.3 is 0 Å². The zero-order chi connectivity index (χ0) is 12.3. The maximum atomic E-state index is 12.1. The van der Waals surface area contributed by atoms with Crippen molar-refractivity contribution in [2.45, 2.75) is 25.6 Å². The number of carbonyl (C=O) groups is 1. The molecule has 4 nitrogen and oxygen atoms in total. The smallest absolute Gasteiger partial charge is 0.228 e. The Labute approximate surface area is 105 Å². The third-order valence-electron chi connectivity index (χ3n) is 2.79. The number of hydrogen-bond donors (Lipinski definition) is 1. The van der Waals surface area contributed by atoms with Gasteiger partial charge in [0.25, 0.3) is 0 Å². The number of aliphatic hydroxyl groups is 1. The van der Waals surface area contributed by atoms with Gasteiger partial charge in [-0.15, -0.1) is 11.3 Å². The van der Waals surface area contributed by atoms with Gasteiger partial charge in [-0.25, -0.2) is 0 Å². The van der Waals surface area contributed by atoms with Crippen molar-refractivity contribution < 1.29 is 14.6 Å². The highest BCUT2D eigenvalue weighted by atomic mass is 32.1. The number of hydrogen-bond acceptors (Lipinski definition) is 4. The quantitative estimate of drug-likeness (QED) is 0.873. The van der Waals surface area contributed by atoms with Crippen LogP contribution in [-0.2, 0) is 16.0 Å². The average molecular weight is 255 g/mol. The highest BCUT2D eigenvalue weighted by Crippen LogP contribution is 2.15. The van der Waals surface area contributed by atoms with Crippen LogP contribution in [0.3, 0.4) is 0 Å². The van der Waals surface area contributed by atoms with E-state index in [0.717, 1.165) is 4.88 Å². The summed E-state index contributed by atoms with van der Waals surface area (Å²) < 4.78 is 5.51. The Hall–Kier alpha value is -0.910. The summed E-state index contributed by atoms with van der Waals surface area (Å²) in [5.41, 5.74) is 0. The molecule has 1 fully saturated rings. The maximum absolute atomic E-state index is 12.1. The number of thiophene rings is 1. The first-order chi connectivity index (χ1) is 8.19. The van der Waals surface area contributed by atoms with Crippen molar-refractivity contribution in [1.82, 2.24) is 4.90 Å². The molecule has 2 atom stereocenters. The normalized spacial score (nSPS) is 24.9. The van der Waals surface area contributed by atoms with Crippen LogP contribution in [-0.4, -0.2) is 47.8 Å². The molecule has 1 amide bonds. The van der Waals surface area contributed by atoms with E-state index in [9.17, 15) is 4.79 Å². The van der Waals surface area contributed by atoms with Crippen molar-refractivity contribution >= 4 is 17.2 Å². The van der Waals surface area contributed by atoms with E-state index in [1.807, 2.05) is 24.4 Å². The van der Waals surface area contributed by atoms with Crippen LogP contribution in [0.1, 0.15) is 11.8 Å². The SMILES string of the molecule is CC1CN(C(=O)Cc2cccs2)CC(CO)O1. The van der Waals surface area contributed by atoms with Gasteiger partial charge < -0.3 is 14.7 Å². The van der Waals surface area contributed by atoms with E-state index >= 15 is 0 Å². The van der Waals surface area contributed by atoms with Crippen LogP contribution in [0.2, 0.25) is 0 Å². The standard InChI is InChI=1S/C12H17NO3S/c1-9-6-13(7-10(8-14)16-9)12(15)5-11-3-2-4-17-11/h2-4,9-10,14H,5-8H2,1H3. The number of nitrogens with zero attached hydrogens (tertiary/aromatic N) is 1. The molecule has 0 spiro atoms. The van der Waals surface area contributed by atoms with Crippen LogP contribution in [0, 0.1) is 0 Å². The Morgan fingerprint density at radius 1 is 1.65 bits per heavy atom. The number of carbonyl (C=O) groups excluding carboxylic acids is 1. The van der Waals surface area contributed by atoms with Crippen molar-refractivity contribution in [3.63, 3.8) is 0 Å². The summed E-state index contributed by atoms with van der Waals surface area (Å²) in [6, 6.07) is 3.92. The third-order valence-corrected chi connectivity index (χ3v) is 3.66. The largest absolute Gasteiger partial charge is 0.394 e. The van der Waals surface area contributed by atoms with Crippen LogP contribution in [0.4, 0.5) is 0 Å². The van der Waals surface area contributed by atoms with E-state index in [1.54, 1.807) is 16.2 Å². The Morgan fingerprint density at radius 2 is 2.47 bits per heavy atom. The molecule has 1 aliphatic rings. The predicted octanol–water partition coefficient (Wildman–Crippen LogP) is 0.899. The summed E-state index contributed by atoms with van der Waals surface area (Å²) in [4.78, 5) is 14.9. The van der Waals surface area contributed by atoms with E-state index < -0.39 is 0 Å². The number of morpholine rings is 1. The molecule has 1 N–H and O–H groups in total. The molecule has 5 heteroatoms. The molecule has 1 aliphatic heterocycles. The summed E-state index contributed by atoms with van der Waals surface area (Å²) in [6.07, 6.45) is 0.196. The first-order valence-electron chi connectivity index (χ1n) is 5.75. The predicted molar refractivity (Wildman–Crippen MR) is 66.0 cm³/mol. The zero-order valence-corrected chi connectivity index (χ0v) is 10.7. The van der Waals surface area contributed by atoms with Crippen molar-refractivity contribution in [1.29, 1.82) is 0 Å². The Bertz CT molecular complexity index is 366. The number of ether oxygens (including phenoxy) is 1. The molecule has 1 saturated heterocycles. The lowest BCUT2D eigenvalue weighted by Crippen LogP contribution is -2.50. The fourth-order valence-corrected chi connectivity index (χ4v) is 2.72. The average Bonchev–Trinajstić information content (AvgIpc) is 2.81. The van der Waals surface area contributed by atoms with Crippen LogP contribution in [0.5, 0.6) is 0 Å². The van der Waals surface area contributed by atoms with Crippen LogP contribution in [0.15, 0.2) is 17.5 Å². The highest BCUT2D eigenvalue weighted by Gasteiger charge is 2.27. The van der Waals surface area contributed by atoms with E-state index in [1.165, 1.54) is 0 Å². The molecule has 0 radical (unpaired) electrons. The topological polar surface area (TPSA) is 49.8 Å². The molecule has 2 rings (SSSR count). The molecule has 0 bridgehead atoms. The van der Waals surface area contributed by atoms with Gasteiger partial charge in [0.2, 0.25) is 5.91 Å². The maximum Gasteiger partial charge on any atom is 0.228 e. The number of rotatable bonds is 3.